The number of aryl methyl sites for hydroxylation is 7. The lowest BCUT2D eigenvalue weighted by Gasteiger charge is -2.34. The van der Waals surface area contributed by atoms with Gasteiger partial charge in [-0.2, -0.15) is 0 Å². The van der Waals surface area contributed by atoms with E-state index in [-0.39, 0.29) is 29.1 Å². The number of hydrogen-bond donors (Lipinski definition) is 0. The van der Waals surface area contributed by atoms with Crippen LogP contribution >= 0.6 is 0 Å². The summed E-state index contributed by atoms with van der Waals surface area (Å²) in [5.41, 5.74) is 35.6. The van der Waals surface area contributed by atoms with Crippen LogP contribution in [0.5, 0.6) is 5.75 Å². The smallest absolute Gasteiger partial charge is 0.119 e. The first-order chi connectivity index (χ1) is 47.8. The zero-order valence-electron chi connectivity index (χ0n) is 60.5. The molecule has 0 N–H and O–H groups in total. The molecule has 0 heterocycles. The van der Waals surface area contributed by atoms with Crippen molar-refractivity contribution in [2.75, 3.05) is 6.61 Å². The monoisotopic (exact) mass is 1300 g/mol. The minimum absolute atomic E-state index is 0. The van der Waals surface area contributed by atoms with Crippen molar-refractivity contribution in [3.8, 4) is 50.3 Å². The number of hydrogen-bond acceptors (Lipinski definition) is 1. The Bertz CT molecular complexity index is 4680. The van der Waals surface area contributed by atoms with E-state index in [1.54, 1.807) is 0 Å². The number of ether oxygens (including phenoxy) is 1. The molecule has 1 spiro atoms. The van der Waals surface area contributed by atoms with Crippen LogP contribution in [0.2, 0.25) is 0 Å². The molecular formula is C99H100O. The van der Waals surface area contributed by atoms with Gasteiger partial charge < -0.3 is 4.74 Å². The van der Waals surface area contributed by atoms with Crippen molar-refractivity contribution in [3.63, 3.8) is 0 Å². The van der Waals surface area contributed by atoms with E-state index >= 15 is 0 Å². The predicted molar refractivity (Wildman–Crippen MR) is 429 cm³/mol. The van der Waals surface area contributed by atoms with Gasteiger partial charge in [-0.1, -0.05) is 392 Å². The molecule has 0 fully saturated rings. The van der Waals surface area contributed by atoms with Gasteiger partial charge in [0, 0.05) is 5.41 Å². The van der Waals surface area contributed by atoms with E-state index in [0.717, 1.165) is 18.8 Å². The maximum absolute atomic E-state index is 5.50. The number of unbranched alkanes of at least 4 members (excludes halogenated alkanes) is 1. The minimum Gasteiger partial charge on any atom is -0.494 e. The molecule has 4 aliphatic rings. The fourth-order valence-electron chi connectivity index (χ4n) is 15.2. The van der Waals surface area contributed by atoms with Crippen LogP contribution in [0.3, 0.4) is 0 Å². The van der Waals surface area contributed by atoms with Crippen molar-refractivity contribution < 1.29 is 4.74 Å². The van der Waals surface area contributed by atoms with Crippen molar-refractivity contribution in [1.29, 1.82) is 0 Å². The molecule has 0 unspecified atom stereocenters. The minimum atomic E-state index is -0.263. The van der Waals surface area contributed by atoms with Gasteiger partial charge >= 0.3 is 0 Å². The van der Waals surface area contributed by atoms with Crippen LogP contribution in [0.4, 0.5) is 0 Å². The number of benzene rings is 13. The molecule has 0 saturated carbocycles. The van der Waals surface area contributed by atoms with E-state index in [2.05, 4.69) is 387 Å². The average molecular weight is 1310 g/mol. The molecule has 502 valence electrons. The van der Waals surface area contributed by atoms with E-state index in [9.17, 15) is 0 Å². The van der Waals surface area contributed by atoms with Crippen LogP contribution in [0.15, 0.2) is 309 Å². The molecule has 0 atom stereocenters. The molecule has 0 aromatic heterocycles. The molecular weight excluding hydrogens is 1210 g/mol. The molecule has 13 aromatic carbocycles. The fraction of sp³-hybridized carbons (Fsp3) is 0.212. The second-order valence-electron chi connectivity index (χ2n) is 29.0. The Morgan fingerprint density at radius 2 is 0.560 bits per heavy atom. The summed E-state index contributed by atoms with van der Waals surface area (Å²) in [6.45, 7) is 29.3. The molecule has 0 radical (unpaired) electrons. The van der Waals surface area contributed by atoms with Gasteiger partial charge in [0.1, 0.15) is 5.75 Å². The third-order valence-corrected chi connectivity index (χ3v) is 20.4. The quantitative estimate of drug-likeness (QED) is 0.151. The topological polar surface area (TPSA) is 9.23 Å². The molecule has 1 heteroatoms. The van der Waals surface area contributed by atoms with Gasteiger partial charge in [0.25, 0.3) is 0 Å². The highest BCUT2D eigenvalue weighted by atomic mass is 16.5. The Morgan fingerprint density at radius 3 is 0.940 bits per heavy atom. The number of rotatable bonds is 6. The second kappa shape index (κ2) is 30.4. The van der Waals surface area contributed by atoms with Crippen LogP contribution in [-0.4, -0.2) is 6.61 Å². The second-order valence-corrected chi connectivity index (χ2v) is 29.0. The lowest BCUT2D eigenvalue weighted by atomic mass is 9.67. The molecule has 4 aliphatic carbocycles. The Hall–Kier alpha value is -10.3. The Balaban J connectivity index is 0.000000127. The largest absolute Gasteiger partial charge is 0.494 e. The molecule has 17 rings (SSSR count). The van der Waals surface area contributed by atoms with Crippen LogP contribution in [0.1, 0.15) is 162 Å². The van der Waals surface area contributed by atoms with Crippen LogP contribution in [-0.2, 0) is 21.7 Å². The van der Waals surface area contributed by atoms with Crippen molar-refractivity contribution in [2.45, 2.75) is 132 Å². The molecule has 1 nitrogen and oxygen atoms in total. The van der Waals surface area contributed by atoms with Gasteiger partial charge in [-0.15, -0.1) is 0 Å². The highest BCUT2D eigenvalue weighted by molar-refractivity contribution is 5.95. The molecule has 0 saturated heterocycles. The SMILES string of the molecule is C.CCCCOc1ccc(C)cc1.Cc1ccc(C(C)(C)C)cc1.Cc1ccc(C)cc1.Cc1ccc2c(c1)C(C)(C)c1ccccc1-2.Cc1ccc2c(c1)C(c1ccccc1)(c1ccccc1)c1ccccc1-2.Cc1ccc2c(c1)C1(c3ccccc3-c3ccccc31)c1ccccc1-2. The van der Waals surface area contributed by atoms with Crippen LogP contribution in [0, 0.1) is 48.5 Å². The summed E-state index contributed by atoms with van der Waals surface area (Å²) >= 11 is 0. The lowest BCUT2D eigenvalue weighted by Crippen LogP contribution is -2.28. The summed E-state index contributed by atoms with van der Waals surface area (Å²) in [6.07, 6.45) is 2.32. The Morgan fingerprint density at radius 1 is 0.280 bits per heavy atom. The van der Waals surface area contributed by atoms with Crippen molar-refractivity contribution in [3.05, 3.63) is 410 Å². The first-order valence-electron chi connectivity index (χ1n) is 35.6. The number of fused-ring (bicyclic) bond motifs is 16. The summed E-state index contributed by atoms with van der Waals surface area (Å²) in [5, 5.41) is 0. The van der Waals surface area contributed by atoms with Crippen molar-refractivity contribution >= 4 is 0 Å². The van der Waals surface area contributed by atoms with E-state index < -0.39 is 0 Å². The highest BCUT2D eigenvalue weighted by Crippen LogP contribution is 2.63. The van der Waals surface area contributed by atoms with Gasteiger partial charge in [0.05, 0.1) is 17.4 Å². The van der Waals surface area contributed by atoms with Gasteiger partial charge in [0.2, 0.25) is 0 Å². The highest BCUT2D eigenvalue weighted by Gasteiger charge is 2.51. The first-order valence-corrected chi connectivity index (χ1v) is 35.6. The summed E-state index contributed by atoms with van der Waals surface area (Å²) in [4.78, 5) is 0. The molecule has 0 amide bonds. The molecule has 13 aromatic rings. The zero-order chi connectivity index (χ0) is 69.5. The van der Waals surface area contributed by atoms with E-state index in [0.29, 0.717) is 0 Å². The summed E-state index contributed by atoms with van der Waals surface area (Å²) in [6, 6.07) is 112. The van der Waals surface area contributed by atoms with Crippen molar-refractivity contribution in [1.82, 2.24) is 0 Å². The van der Waals surface area contributed by atoms with E-state index in [1.807, 2.05) is 12.1 Å². The fourth-order valence-corrected chi connectivity index (χ4v) is 15.2. The lowest BCUT2D eigenvalue weighted by molar-refractivity contribution is 0.309. The van der Waals surface area contributed by atoms with Gasteiger partial charge in [-0.05, 0) is 178 Å². The Labute approximate surface area is 599 Å². The molecule has 0 aliphatic heterocycles. The Kier molecular flexibility index (Phi) is 21.6. The van der Waals surface area contributed by atoms with Crippen LogP contribution in [0.25, 0.3) is 44.5 Å². The van der Waals surface area contributed by atoms with Crippen LogP contribution < -0.4 is 4.74 Å². The summed E-state index contributed by atoms with van der Waals surface area (Å²) in [5.74, 6) is 0.981. The average Bonchev–Trinajstić information content (AvgIpc) is 1.52. The molecule has 0 bridgehead atoms. The third-order valence-electron chi connectivity index (χ3n) is 20.4. The molecule has 100 heavy (non-hydrogen) atoms. The van der Waals surface area contributed by atoms with Crippen molar-refractivity contribution in [2.24, 2.45) is 0 Å². The maximum Gasteiger partial charge on any atom is 0.119 e. The first kappa shape index (κ1) is 71.0. The van der Waals surface area contributed by atoms with Gasteiger partial charge in [-0.25, -0.2) is 0 Å². The maximum atomic E-state index is 5.50. The van der Waals surface area contributed by atoms with E-state index in [4.69, 9.17) is 4.74 Å². The predicted octanol–water partition coefficient (Wildman–Crippen LogP) is 26.4. The van der Waals surface area contributed by atoms with Gasteiger partial charge in [0.15, 0.2) is 0 Å². The summed E-state index contributed by atoms with van der Waals surface area (Å²) < 4.78 is 5.50. The normalized spacial score (nSPS) is 13.1. The third kappa shape index (κ3) is 14.0. The summed E-state index contributed by atoms with van der Waals surface area (Å²) in [7, 11) is 0. The zero-order valence-corrected chi connectivity index (χ0v) is 60.5. The standard InChI is InChI=1S/C26H18.C26H20.C16H16.C11H16O.C11H16.C8H10.CH4/c1-17-14-15-21-20-10-4-7-13-24(20)26(25(21)16-17)22-11-5-2-8-18(22)19-9-3-6-12-23(19)26;1-19-16-17-23-22-14-8-9-15-24(22)26(25(23)18-19,20-10-4-2-5-11-20)21-12-6-3-7-13-21;1-11-8-9-13-12-6-4-5-7-14(12)16(2,3)15(13)10-11;1-3-4-9-12-11-7-5-10(2)6-8-11;1-9-5-7-10(8-6-9)11(2,3)4;1-7-3-5-8(2)6-4-7;/h2-16H,1H3;2-18H,1H3;4-10H,1-3H3;5-8H,3-4,9H2,1-2H3;5-8H,1-4H3;3-6H,1-2H3;1H4. The van der Waals surface area contributed by atoms with Gasteiger partial charge in [-0.3, -0.25) is 0 Å². The van der Waals surface area contributed by atoms with E-state index in [1.165, 1.54) is 151 Å².